The molecular weight excluding hydrogens is 394 g/mol. The number of ether oxygens (including phenoxy) is 3. The summed E-state index contributed by atoms with van der Waals surface area (Å²) in [6, 6.07) is 0. The Kier molecular flexibility index (Phi) is 11.2. The summed E-state index contributed by atoms with van der Waals surface area (Å²) >= 11 is -2.84. The van der Waals surface area contributed by atoms with Crippen LogP contribution in [-0.4, -0.2) is 59.0 Å². The molecule has 3 atom stereocenters. The number of carbonyl (C=O) groups is 3. The average molecular weight is 415 g/mol. The van der Waals surface area contributed by atoms with Crippen LogP contribution in [-0.2, 0) is 28.6 Å². The molecule has 0 spiro atoms. The van der Waals surface area contributed by atoms with Gasteiger partial charge in [-0.25, -0.2) is 0 Å². The van der Waals surface area contributed by atoms with E-state index in [1.165, 1.54) is 21.3 Å². The molecule has 6 nitrogen and oxygen atoms in total. The maximum absolute atomic E-state index is 11.7. The van der Waals surface area contributed by atoms with Gasteiger partial charge in [0.25, 0.3) is 0 Å². The zero-order chi connectivity index (χ0) is 15.2. The molecule has 3 unspecified atom stereocenters. The van der Waals surface area contributed by atoms with E-state index in [9.17, 15) is 14.4 Å². The van der Waals surface area contributed by atoms with Gasteiger partial charge in [-0.1, -0.05) is 0 Å². The normalized spacial score (nSPS) is 14.1. The number of carbonyl (C=O) groups excluding carboxylic acids is 3. The number of hydrogen-bond acceptors (Lipinski definition) is 6. The Morgan fingerprint density at radius 1 is 0.700 bits per heavy atom. The van der Waals surface area contributed by atoms with Crippen molar-refractivity contribution in [3.63, 3.8) is 0 Å². The molecule has 0 amide bonds. The topological polar surface area (TPSA) is 78.9 Å². The Bertz CT molecular complexity index is 297. The van der Waals surface area contributed by atoms with Crippen molar-refractivity contribution in [2.45, 2.75) is 32.6 Å². The molecule has 0 aromatic carbocycles. The Hall–Kier alpha value is -0.501. The van der Waals surface area contributed by atoms with Crippen LogP contribution in [0.15, 0.2) is 0 Å². The summed E-state index contributed by atoms with van der Waals surface area (Å²) in [5, 5.41) is 0. The molecule has 0 heterocycles. The minimum atomic E-state index is -2.84. The maximum Gasteiger partial charge on any atom is -1.00 e. The number of rotatable bonds is 6. The van der Waals surface area contributed by atoms with Crippen molar-refractivity contribution in [3.05, 3.63) is 0 Å². The predicted octanol–water partition coefficient (Wildman–Crippen LogP) is -1.83. The average Bonchev–Trinajstić information content (AvgIpc) is 2.43. The van der Waals surface area contributed by atoms with Crippen molar-refractivity contribution < 1.29 is 41.0 Å². The molecule has 116 valence electrons. The molecule has 0 bridgehead atoms. The van der Waals surface area contributed by atoms with Crippen LogP contribution in [0, 0.1) is 0 Å². The third-order valence-corrected chi connectivity index (χ3v) is 13.7. The van der Waals surface area contributed by atoms with Crippen molar-refractivity contribution in [3.8, 4) is 0 Å². The molecular formula is C12H21ClO6Sn. The second-order valence-corrected chi connectivity index (χ2v) is 14.5. The van der Waals surface area contributed by atoms with Gasteiger partial charge in [-0.05, 0) is 0 Å². The summed E-state index contributed by atoms with van der Waals surface area (Å²) in [6.07, 6.45) is 0. The molecule has 0 aliphatic rings. The second-order valence-electron chi connectivity index (χ2n) is 4.23. The van der Waals surface area contributed by atoms with E-state index in [2.05, 4.69) is 0 Å². The van der Waals surface area contributed by atoms with E-state index in [0.29, 0.717) is 0 Å². The van der Waals surface area contributed by atoms with Crippen LogP contribution in [0.4, 0.5) is 0 Å². The second kappa shape index (κ2) is 10.3. The summed E-state index contributed by atoms with van der Waals surface area (Å²) < 4.78 is 12.9. The van der Waals surface area contributed by atoms with Crippen LogP contribution >= 0.6 is 0 Å². The Labute approximate surface area is 132 Å². The van der Waals surface area contributed by atoms with Gasteiger partial charge in [0.2, 0.25) is 0 Å². The molecule has 0 aliphatic carbocycles. The van der Waals surface area contributed by atoms with Crippen LogP contribution in [0.2, 0.25) is 11.8 Å². The molecule has 0 N–H and O–H groups in total. The SMILES string of the molecule is COC(=O)[CH](C)[Sn+]([CH](C)C(=O)OC)[CH](C)C(=O)OC.[Cl-]. The minimum Gasteiger partial charge on any atom is -1.00 e. The molecule has 0 saturated heterocycles. The Morgan fingerprint density at radius 2 is 0.900 bits per heavy atom. The fourth-order valence-corrected chi connectivity index (χ4v) is 11.8. The quantitative estimate of drug-likeness (QED) is 0.289. The molecule has 0 aromatic heterocycles. The zero-order valence-corrected chi connectivity index (χ0v) is 16.2. The van der Waals surface area contributed by atoms with Gasteiger partial charge in [0.1, 0.15) is 0 Å². The summed E-state index contributed by atoms with van der Waals surface area (Å²) in [4.78, 5) is 35.1. The van der Waals surface area contributed by atoms with E-state index in [1.54, 1.807) is 20.8 Å². The fourth-order valence-electron chi connectivity index (χ4n) is 2.06. The summed E-state index contributed by atoms with van der Waals surface area (Å²) in [5.74, 6) is -1.16. The third kappa shape index (κ3) is 5.47. The van der Waals surface area contributed by atoms with E-state index in [0.717, 1.165) is 0 Å². The van der Waals surface area contributed by atoms with Crippen molar-refractivity contribution in [2.24, 2.45) is 0 Å². The number of esters is 3. The fraction of sp³-hybridized carbons (Fsp3) is 0.750. The molecule has 0 aliphatic heterocycles. The van der Waals surface area contributed by atoms with E-state index in [-0.39, 0.29) is 30.3 Å². The molecule has 8 heteroatoms. The summed E-state index contributed by atoms with van der Waals surface area (Å²) in [7, 11) is 3.89. The van der Waals surface area contributed by atoms with Gasteiger partial charge in [-0.2, -0.15) is 0 Å². The van der Waals surface area contributed by atoms with Crippen LogP contribution < -0.4 is 12.4 Å². The van der Waals surface area contributed by atoms with Crippen molar-refractivity contribution in [2.75, 3.05) is 21.3 Å². The number of hydrogen-bond donors (Lipinski definition) is 0. The predicted molar refractivity (Wildman–Crippen MR) is 70.1 cm³/mol. The molecule has 0 aromatic rings. The van der Waals surface area contributed by atoms with E-state index in [1.807, 2.05) is 0 Å². The molecule has 0 saturated carbocycles. The van der Waals surface area contributed by atoms with E-state index in [4.69, 9.17) is 14.2 Å². The molecule has 0 fully saturated rings. The van der Waals surface area contributed by atoms with Gasteiger partial charge in [0.15, 0.2) is 0 Å². The van der Waals surface area contributed by atoms with Gasteiger partial charge in [0, 0.05) is 0 Å². The monoisotopic (exact) mass is 416 g/mol. The maximum atomic E-state index is 11.7. The first-order valence-electron chi connectivity index (χ1n) is 5.91. The first-order chi connectivity index (χ1) is 8.81. The van der Waals surface area contributed by atoms with Gasteiger partial charge in [-0.15, -0.1) is 0 Å². The van der Waals surface area contributed by atoms with Gasteiger partial charge in [-0.3, -0.25) is 0 Å². The minimum absolute atomic E-state index is 0. The van der Waals surface area contributed by atoms with Crippen LogP contribution in [0.3, 0.4) is 0 Å². The standard InChI is InChI=1S/3C4H7O2.ClH.Sn/c3*1-3-4(5)6-2;;/h3*3H,1-2H3;1H;/q;;;;+1/p-1. The summed E-state index contributed by atoms with van der Waals surface area (Å²) in [5.41, 5.74) is 0. The van der Waals surface area contributed by atoms with Crippen molar-refractivity contribution in [1.82, 2.24) is 0 Å². The van der Waals surface area contributed by atoms with Crippen molar-refractivity contribution in [1.29, 1.82) is 0 Å². The third-order valence-electron chi connectivity index (χ3n) is 3.16. The molecule has 0 rings (SSSR count). The van der Waals surface area contributed by atoms with E-state index >= 15 is 0 Å². The molecule has 0 radical (unpaired) electrons. The smallest absolute Gasteiger partial charge is 1.00 e. The molecule has 20 heavy (non-hydrogen) atoms. The largest absolute Gasteiger partial charge is 1.00 e. The number of halogens is 1. The summed E-state index contributed by atoms with van der Waals surface area (Å²) in [6.45, 7) is 5.12. The van der Waals surface area contributed by atoms with Gasteiger partial charge >= 0.3 is 120 Å². The Balaban J connectivity index is 0. The first kappa shape index (κ1) is 21.8. The van der Waals surface area contributed by atoms with E-state index < -0.39 is 31.6 Å². The van der Waals surface area contributed by atoms with Gasteiger partial charge < -0.3 is 12.4 Å². The van der Waals surface area contributed by atoms with Crippen molar-refractivity contribution >= 4 is 37.7 Å². The van der Waals surface area contributed by atoms with Crippen LogP contribution in [0.1, 0.15) is 20.8 Å². The first-order valence-corrected chi connectivity index (χ1v) is 10.9. The van der Waals surface area contributed by atoms with Crippen LogP contribution in [0.5, 0.6) is 0 Å². The van der Waals surface area contributed by atoms with Gasteiger partial charge in [0.05, 0.1) is 0 Å². The Morgan fingerprint density at radius 3 is 1.05 bits per heavy atom. The number of methoxy groups -OCH3 is 3. The zero-order valence-electron chi connectivity index (χ0n) is 12.6. The van der Waals surface area contributed by atoms with Crippen LogP contribution in [0.25, 0.3) is 0 Å².